The number of aliphatic carboxylic acids is 1. The lowest BCUT2D eigenvalue weighted by atomic mass is 10.2. The normalized spacial score (nSPS) is 13.4. The quantitative estimate of drug-likeness (QED) is 0.547. The number of aliphatic imine (C=N–C) groups is 1. The van der Waals surface area contributed by atoms with Crippen LogP contribution in [0, 0.1) is 5.82 Å². The highest BCUT2D eigenvalue weighted by molar-refractivity contribution is 7.12. The molecule has 2 aromatic heterocycles. The second-order valence-corrected chi connectivity index (χ2v) is 6.96. The molecule has 1 atom stereocenters. The summed E-state index contributed by atoms with van der Waals surface area (Å²) in [7, 11) is 0. The van der Waals surface area contributed by atoms with Gasteiger partial charge in [0.1, 0.15) is 24.3 Å². The number of carbonyl (C=O) groups is 1. The summed E-state index contributed by atoms with van der Waals surface area (Å²) >= 11 is 1.66. The summed E-state index contributed by atoms with van der Waals surface area (Å²) in [5.74, 6) is 0.0709. The number of nitrogens with zero attached hydrogens (tertiary/aromatic N) is 2. The molecule has 1 unspecified atom stereocenters. The van der Waals surface area contributed by atoms with Gasteiger partial charge in [0.05, 0.1) is 22.5 Å². The second kappa shape index (κ2) is 12.0. The van der Waals surface area contributed by atoms with Gasteiger partial charge in [-0.2, -0.15) is 0 Å². The van der Waals surface area contributed by atoms with Gasteiger partial charge in [0, 0.05) is 6.42 Å². The monoisotopic (exact) mass is 434 g/mol. The molecule has 0 aliphatic carbocycles. The van der Waals surface area contributed by atoms with Crippen molar-refractivity contribution in [3.05, 3.63) is 52.2 Å². The Morgan fingerprint density at radius 3 is 2.80 bits per heavy atom. The van der Waals surface area contributed by atoms with Gasteiger partial charge < -0.3 is 20.1 Å². The molecule has 0 radical (unpaired) electrons. The first-order valence-corrected chi connectivity index (χ1v) is 10.8. The Morgan fingerprint density at radius 1 is 1.40 bits per heavy atom. The van der Waals surface area contributed by atoms with E-state index < -0.39 is 12.0 Å². The molecule has 3 heterocycles. The number of rotatable bonds is 6. The van der Waals surface area contributed by atoms with Crippen LogP contribution >= 0.6 is 11.3 Å². The highest BCUT2D eigenvalue weighted by atomic mass is 32.1. The Labute approximate surface area is 179 Å². The number of aromatic amines is 1. The second-order valence-electron chi connectivity index (χ2n) is 6.01. The lowest BCUT2D eigenvalue weighted by Crippen LogP contribution is -2.38. The van der Waals surface area contributed by atoms with E-state index in [2.05, 4.69) is 20.3 Å². The van der Waals surface area contributed by atoms with Crippen molar-refractivity contribution in [2.45, 2.75) is 33.2 Å². The lowest BCUT2D eigenvalue weighted by molar-refractivity contribution is -0.139. The summed E-state index contributed by atoms with van der Waals surface area (Å²) in [5, 5.41) is 13.9. The van der Waals surface area contributed by atoms with Gasteiger partial charge in [0.15, 0.2) is 0 Å². The average Bonchev–Trinajstić information content (AvgIpc) is 3.50. The molecule has 0 fully saturated rings. The number of halogens is 1. The van der Waals surface area contributed by atoms with Gasteiger partial charge >= 0.3 is 5.97 Å². The maximum Gasteiger partial charge on any atom is 0.321 e. The fraction of sp³-hybridized carbons (Fsp3) is 0.381. The van der Waals surface area contributed by atoms with Crippen LogP contribution in [0.4, 0.5) is 4.39 Å². The van der Waals surface area contributed by atoms with Crippen LogP contribution in [0.3, 0.4) is 0 Å². The summed E-state index contributed by atoms with van der Waals surface area (Å²) in [5.41, 5.74) is 1.21. The van der Waals surface area contributed by atoms with Gasteiger partial charge in [0.25, 0.3) is 0 Å². The number of imidazole rings is 1. The predicted octanol–water partition coefficient (Wildman–Crippen LogP) is 3.86. The van der Waals surface area contributed by atoms with E-state index in [9.17, 15) is 9.18 Å². The number of fused-ring (bicyclic) bond motifs is 1. The third-order valence-electron chi connectivity index (χ3n) is 3.96. The SMILES string of the molecule is CC.CCNC(Cc1nc2ccc(F)cc2[nH]1)C(=O)O.c1csc(C2=NCCO2)c1. The number of H-pyrrole nitrogens is 1. The average molecular weight is 435 g/mol. The van der Waals surface area contributed by atoms with Crippen LogP contribution in [0.5, 0.6) is 0 Å². The van der Waals surface area contributed by atoms with Gasteiger partial charge in [-0.05, 0) is 36.2 Å². The Hall–Kier alpha value is -2.78. The van der Waals surface area contributed by atoms with Crippen molar-refractivity contribution in [1.29, 1.82) is 0 Å². The first-order chi connectivity index (χ1) is 14.6. The van der Waals surface area contributed by atoms with Crippen molar-refractivity contribution >= 4 is 34.2 Å². The Kier molecular flexibility index (Phi) is 9.43. The molecular weight excluding hydrogens is 407 g/mol. The molecule has 162 valence electrons. The zero-order valence-electron chi connectivity index (χ0n) is 17.3. The molecule has 1 aromatic carbocycles. The molecule has 4 rings (SSSR count). The minimum Gasteiger partial charge on any atom is -0.480 e. The van der Waals surface area contributed by atoms with Crippen LogP contribution in [0.15, 0.2) is 40.7 Å². The third kappa shape index (κ3) is 6.64. The molecule has 3 N–H and O–H groups in total. The van der Waals surface area contributed by atoms with E-state index in [0.29, 0.717) is 23.4 Å². The van der Waals surface area contributed by atoms with Crippen LogP contribution in [0.2, 0.25) is 0 Å². The molecule has 0 saturated carbocycles. The molecule has 30 heavy (non-hydrogen) atoms. The van der Waals surface area contributed by atoms with Crippen LogP contribution in [0.1, 0.15) is 31.5 Å². The highest BCUT2D eigenvalue weighted by Gasteiger charge is 2.18. The standard InChI is InChI=1S/C12H14FN3O2.C7H7NOS.C2H6/c1-2-14-10(12(17)18)6-11-15-8-4-3-7(13)5-9(8)16-11;1-2-6(10-5-1)7-8-3-4-9-7;1-2/h3-5,10,14H,2,6H2,1H3,(H,15,16)(H,17,18);1-2,5H,3-4H2;1-2H3. The van der Waals surface area contributed by atoms with E-state index in [4.69, 9.17) is 9.84 Å². The zero-order chi connectivity index (χ0) is 21.9. The predicted molar refractivity (Wildman–Crippen MR) is 118 cm³/mol. The summed E-state index contributed by atoms with van der Waals surface area (Å²) in [4.78, 5) is 23.5. The Balaban J connectivity index is 0.000000224. The van der Waals surface area contributed by atoms with Crippen molar-refractivity contribution in [2.75, 3.05) is 19.7 Å². The number of nitrogens with one attached hydrogen (secondary N) is 2. The lowest BCUT2D eigenvalue weighted by Gasteiger charge is -2.10. The molecule has 0 bridgehead atoms. The first kappa shape index (κ1) is 23.5. The van der Waals surface area contributed by atoms with Crippen LogP contribution in [0.25, 0.3) is 11.0 Å². The number of likely N-dealkylation sites (N-methyl/N-ethyl adjacent to an activating group) is 1. The van der Waals surface area contributed by atoms with Gasteiger partial charge in [-0.15, -0.1) is 11.3 Å². The van der Waals surface area contributed by atoms with Gasteiger partial charge in [0.2, 0.25) is 5.90 Å². The Morgan fingerprint density at radius 2 is 2.20 bits per heavy atom. The fourth-order valence-electron chi connectivity index (χ4n) is 2.70. The number of aromatic nitrogens is 2. The fourth-order valence-corrected chi connectivity index (χ4v) is 3.39. The number of hydrogen-bond acceptors (Lipinski definition) is 6. The van der Waals surface area contributed by atoms with E-state index in [1.165, 1.54) is 12.1 Å². The van der Waals surface area contributed by atoms with Crippen LogP contribution < -0.4 is 5.32 Å². The molecule has 1 aliphatic heterocycles. The maximum absolute atomic E-state index is 13.0. The number of carboxylic acids is 1. The first-order valence-electron chi connectivity index (χ1n) is 9.88. The van der Waals surface area contributed by atoms with Crippen LogP contribution in [-0.2, 0) is 16.0 Å². The van der Waals surface area contributed by atoms with E-state index >= 15 is 0 Å². The minimum atomic E-state index is -0.927. The molecule has 3 aromatic rings. The van der Waals surface area contributed by atoms with Crippen molar-refractivity contribution in [2.24, 2.45) is 4.99 Å². The summed E-state index contributed by atoms with van der Waals surface area (Å²) in [6.07, 6.45) is 0.236. The zero-order valence-corrected chi connectivity index (χ0v) is 18.1. The van der Waals surface area contributed by atoms with Gasteiger partial charge in [-0.25, -0.2) is 14.4 Å². The molecule has 9 heteroatoms. The van der Waals surface area contributed by atoms with E-state index in [1.54, 1.807) is 17.4 Å². The number of ether oxygens (including phenoxy) is 1. The Bertz CT molecular complexity index is 956. The summed E-state index contributed by atoms with van der Waals surface area (Å²) < 4.78 is 18.3. The number of carboxylic acid groups (broad SMARTS) is 1. The third-order valence-corrected chi connectivity index (χ3v) is 4.81. The van der Waals surface area contributed by atoms with Crippen LogP contribution in [-0.4, -0.2) is 52.7 Å². The van der Waals surface area contributed by atoms with Crippen molar-refractivity contribution in [3.63, 3.8) is 0 Å². The van der Waals surface area contributed by atoms with Crippen molar-refractivity contribution in [1.82, 2.24) is 15.3 Å². The summed E-state index contributed by atoms with van der Waals surface area (Å²) in [6, 6.07) is 7.56. The number of hydrogen-bond donors (Lipinski definition) is 3. The number of thiophene rings is 1. The highest BCUT2D eigenvalue weighted by Crippen LogP contribution is 2.14. The van der Waals surface area contributed by atoms with Crippen molar-refractivity contribution < 1.29 is 19.0 Å². The minimum absolute atomic E-state index is 0.236. The molecule has 0 saturated heterocycles. The number of benzene rings is 1. The molecule has 7 nitrogen and oxygen atoms in total. The van der Waals surface area contributed by atoms with Gasteiger partial charge in [-0.3, -0.25) is 4.79 Å². The molecule has 1 aliphatic rings. The molecule has 0 spiro atoms. The smallest absolute Gasteiger partial charge is 0.321 e. The van der Waals surface area contributed by atoms with E-state index in [-0.39, 0.29) is 12.2 Å². The summed E-state index contributed by atoms with van der Waals surface area (Å²) in [6.45, 7) is 7.95. The maximum atomic E-state index is 13.0. The van der Waals surface area contributed by atoms with Gasteiger partial charge in [-0.1, -0.05) is 26.8 Å². The largest absolute Gasteiger partial charge is 0.480 e. The topological polar surface area (TPSA) is 99.6 Å². The molecular formula is C21H27FN4O3S. The van der Waals surface area contributed by atoms with E-state index in [1.807, 2.05) is 38.3 Å². The van der Waals surface area contributed by atoms with E-state index in [0.717, 1.165) is 23.9 Å². The van der Waals surface area contributed by atoms with Crippen molar-refractivity contribution in [3.8, 4) is 0 Å². The molecule has 0 amide bonds.